The summed E-state index contributed by atoms with van der Waals surface area (Å²) in [6, 6.07) is 2.19. The number of nitrogens with one attached hydrogen (secondary N) is 3. The van der Waals surface area contributed by atoms with Crippen LogP contribution >= 0.6 is 0 Å². The Morgan fingerprint density at radius 2 is 2.00 bits per heavy atom. The highest BCUT2D eigenvalue weighted by atomic mass is 19.4. The van der Waals surface area contributed by atoms with Gasteiger partial charge in [0.1, 0.15) is 17.6 Å². The fourth-order valence-corrected chi connectivity index (χ4v) is 3.87. The highest BCUT2D eigenvalue weighted by Gasteiger charge is 2.49. The first-order chi connectivity index (χ1) is 18.1. The van der Waals surface area contributed by atoms with Gasteiger partial charge in [0.05, 0.1) is 36.8 Å². The lowest BCUT2D eigenvalue weighted by atomic mass is 10.0. The van der Waals surface area contributed by atoms with Gasteiger partial charge in [-0.3, -0.25) is 4.79 Å². The van der Waals surface area contributed by atoms with Crippen LogP contribution < -0.4 is 10.6 Å². The molecule has 3 heterocycles. The summed E-state index contributed by atoms with van der Waals surface area (Å²) in [6.07, 6.45) is -4.69. The molecule has 0 bridgehead atoms. The number of rotatable bonds is 8. The third-order valence-electron chi connectivity index (χ3n) is 6.43. The maximum atomic E-state index is 13.9. The Balaban J connectivity index is 1.62. The fraction of sp³-hybridized carbons (Fsp3) is 0.522. The number of benzene rings is 1. The number of urea groups is 1. The van der Waals surface area contributed by atoms with Crippen LogP contribution in [0.1, 0.15) is 60.4 Å². The molecule has 2 aromatic heterocycles. The Morgan fingerprint density at radius 3 is 2.64 bits per heavy atom. The summed E-state index contributed by atoms with van der Waals surface area (Å²) in [4.78, 5) is 33.3. The second-order valence-corrected chi connectivity index (χ2v) is 9.76. The zero-order chi connectivity index (χ0) is 28.8. The molecule has 1 aromatic carbocycles. The zero-order valence-electron chi connectivity index (χ0n) is 21.3. The molecule has 4 rings (SSSR count). The maximum Gasteiger partial charge on any atom is 0.416 e. The van der Waals surface area contributed by atoms with Crippen molar-refractivity contribution in [2.75, 3.05) is 19.7 Å². The summed E-state index contributed by atoms with van der Waals surface area (Å²) in [6.45, 7) is 2.62. The highest BCUT2D eigenvalue weighted by molar-refractivity contribution is 5.93. The van der Waals surface area contributed by atoms with Gasteiger partial charge in [-0.15, -0.1) is 0 Å². The number of imidazole rings is 1. The smallest absolute Gasteiger partial charge is 0.364 e. The number of aromatic amines is 1. The third kappa shape index (κ3) is 5.94. The van der Waals surface area contributed by atoms with Crippen molar-refractivity contribution in [2.24, 2.45) is 0 Å². The van der Waals surface area contributed by atoms with Crippen LogP contribution in [0, 0.1) is 6.92 Å². The first kappa shape index (κ1) is 28.2. The van der Waals surface area contributed by atoms with Gasteiger partial charge in [-0.1, -0.05) is 11.2 Å². The van der Waals surface area contributed by atoms with Crippen LogP contribution in [-0.2, 0) is 4.74 Å². The molecule has 39 heavy (non-hydrogen) atoms. The SMILES string of the molecule is Cc1nonc1C(=O)N[C@@H](COC(C)(C)C(F)(F)F)c1nc2cc([C@@H](C)N3CC(F)(F)CNC3=O)ccc2[nH]1. The Kier molecular flexibility index (Phi) is 7.27. The van der Waals surface area contributed by atoms with Crippen LogP contribution in [0.4, 0.5) is 26.7 Å². The normalized spacial score (nSPS) is 17.7. The number of hydrogen-bond donors (Lipinski definition) is 3. The van der Waals surface area contributed by atoms with E-state index in [1.807, 2.05) is 0 Å². The van der Waals surface area contributed by atoms with Crippen LogP contribution in [0.25, 0.3) is 11.0 Å². The predicted octanol–water partition coefficient (Wildman–Crippen LogP) is 3.80. The van der Waals surface area contributed by atoms with E-state index in [4.69, 9.17) is 4.74 Å². The molecule has 16 heteroatoms. The zero-order valence-corrected chi connectivity index (χ0v) is 21.3. The molecule has 212 valence electrons. The molecule has 2 atom stereocenters. The fourth-order valence-electron chi connectivity index (χ4n) is 3.87. The number of amides is 3. The number of fused-ring (bicyclic) bond motifs is 1. The van der Waals surface area contributed by atoms with Gasteiger partial charge in [0.2, 0.25) is 0 Å². The van der Waals surface area contributed by atoms with Gasteiger partial charge >= 0.3 is 12.2 Å². The Hall–Kier alpha value is -3.82. The predicted molar refractivity (Wildman–Crippen MR) is 125 cm³/mol. The molecule has 0 radical (unpaired) electrons. The number of nitrogens with zero attached hydrogens (tertiary/aromatic N) is 4. The number of carbonyl (C=O) groups excluding carboxylic acids is 2. The summed E-state index contributed by atoms with van der Waals surface area (Å²) in [5, 5.41) is 11.7. The number of halogens is 5. The molecule has 0 saturated carbocycles. The van der Waals surface area contributed by atoms with Crippen molar-refractivity contribution in [1.82, 2.24) is 35.8 Å². The summed E-state index contributed by atoms with van der Waals surface area (Å²) in [5.74, 6) is -3.81. The van der Waals surface area contributed by atoms with Crippen molar-refractivity contribution in [2.45, 2.75) is 57.5 Å². The van der Waals surface area contributed by atoms with Crippen LogP contribution in [0.5, 0.6) is 0 Å². The lowest BCUT2D eigenvalue weighted by molar-refractivity contribution is -0.265. The molecule has 1 aliphatic heterocycles. The van der Waals surface area contributed by atoms with Crippen molar-refractivity contribution < 1.29 is 40.9 Å². The molecule has 1 aliphatic rings. The number of H-pyrrole nitrogens is 1. The third-order valence-corrected chi connectivity index (χ3v) is 6.43. The first-order valence-electron chi connectivity index (χ1n) is 11.8. The number of aryl methyl sites for hydroxylation is 1. The van der Waals surface area contributed by atoms with Gasteiger partial charge in [-0.2, -0.15) is 13.2 Å². The van der Waals surface area contributed by atoms with Gasteiger partial charge in [-0.05, 0) is 50.5 Å². The standard InChI is InChI=1S/C23H26F5N7O4/c1-11-17(34-39-33-11)19(36)32-16(8-38-21(3,4)23(26,27)28)18-30-14-6-5-13(7-15(14)31-18)12(2)35-10-22(24,25)9-29-20(35)37/h5-7,12,16H,8-10H2,1-4H3,(H,29,37)(H,30,31)(H,32,36)/t12-,16+/m1/s1. The largest absolute Gasteiger partial charge is 0.416 e. The number of hydrogen-bond acceptors (Lipinski definition) is 7. The van der Waals surface area contributed by atoms with E-state index in [9.17, 15) is 31.5 Å². The molecule has 3 N–H and O–H groups in total. The molecule has 3 aromatic rings. The Morgan fingerprint density at radius 1 is 1.28 bits per heavy atom. The first-order valence-corrected chi connectivity index (χ1v) is 11.8. The molecule has 11 nitrogen and oxygen atoms in total. The van der Waals surface area contributed by atoms with Crippen LogP contribution in [0.3, 0.4) is 0 Å². The number of aromatic nitrogens is 4. The van der Waals surface area contributed by atoms with E-state index in [0.29, 0.717) is 16.6 Å². The van der Waals surface area contributed by atoms with E-state index in [2.05, 4.69) is 35.5 Å². The van der Waals surface area contributed by atoms with Crippen LogP contribution in [-0.4, -0.2) is 74.5 Å². The minimum atomic E-state index is -4.69. The van der Waals surface area contributed by atoms with E-state index in [1.54, 1.807) is 25.1 Å². The average molecular weight is 559 g/mol. The van der Waals surface area contributed by atoms with E-state index in [1.165, 1.54) is 6.92 Å². The molecule has 1 fully saturated rings. The van der Waals surface area contributed by atoms with Crippen molar-refractivity contribution >= 4 is 23.0 Å². The van der Waals surface area contributed by atoms with Gasteiger partial charge in [0.25, 0.3) is 11.8 Å². The van der Waals surface area contributed by atoms with Crippen LogP contribution in [0.15, 0.2) is 22.8 Å². The topological polar surface area (TPSA) is 138 Å². The monoisotopic (exact) mass is 559 g/mol. The van der Waals surface area contributed by atoms with Gasteiger partial charge in [0, 0.05) is 0 Å². The van der Waals surface area contributed by atoms with Crippen molar-refractivity contribution in [1.29, 1.82) is 0 Å². The molecule has 3 amide bonds. The molecular weight excluding hydrogens is 533 g/mol. The quantitative estimate of drug-likeness (QED) is 0.357. The summed E-state index contributed by atoms with van der Waals surface area (Å²) < 4.78 is 77.7. The van der Waals surface area contributed by atoms with E-state index >= 15 is 0 Å². The lowest BCUT2D eigenvalue weighted by Crippen LogP contribution is -2.57. The Bertz CT molecular complexity index is 1370. The highest BCUT2D eigenvalue weighted by Crippen LogP contribution is 2.34. The molecular formula is C23H26F5N7O4. The molecule has 1 saturated heterocycles. The van der Waals surface area contributed by atoms with Crippen molar-refractivity contribution in [3.63, 3.8) is 0 Å². The molecule has 0 aliphatic carbocycles. The second-order valence-electron chi connectivity index (χ2n) is 9.76. The minimum Gasteiger partial charge on any atom is -0.364 e. The lowest BCUT2D eigenvalue weighted by Gasteiger charge is -2.37. The summed E-state index contributed by atoms with van der Waals surface area (Å²) >= 11 is 0. The number of alkyl halides is 5. The number of ether oxygens (including phenoxy) is 1. The maximum absolute atomic E-state index is 13.9. The Labute approximate surface area is 218 Å². The summed E-state index contributed by atoms with van der Waals surface area (Å²) in [7, 11) is 0. The van der Waals surface area contributed by atoms with Crippen molar-refractivity contribution in [3.05, 3.63) is 41.0 Å². The minimum absolute atomic E-state index is 0.0671. The van der Waals surface area contributed by atoms with Gasteiger partial charge in [-0.25, -0.2) is 23.2 Å². The summed E-state index contributed by atoms with van der Waals surface area (Å²) in [5.41, 5.74) is -1.27. The number of carbonyl (C=O) groups is 2. The van der Waals surface area contributed by atoms with E-state index in [0.717, 1.165) is 18.7 Å². The molecule has 0 unspecified atom stereocenters. The van der Waals surface area contributed by atoms with Gasteiger partial charge in [0.15, 0.2) is 11.3 Å². The van der Waals surface area contributed by atoms with Crippen LogP contribution in [0.2, 0.25) is 0 Å². The average Bonchev–Trinajstić information content (AvgIpc) is 3.47. The molecule has 0 spiro atoms. The van der Waals surface area contributed by atoms with Gasteiger partial charge < -0.3 is 25.3 Å². The van der Waals surface area contributed by atoms with E-state index in [-0.39, 0.29) is 17.2 Å². The second kappa shape index (κ2) is 10.1. The van der Waals surface area contributed by atoms with Crippen molar-refractivity contribution in [3.8, 4) is 0 Å². The van der Waals surface area contributed by atoms with E-state index < -0.39 is 61.4 Å².